The van der Waals surface area contributed by atoms with Crippen LogP contribution in [0.2, 0.25) is 5.02 Å². The zero-order valence-corrected chi connectivity index (χ0v) is 16.2. The van der Waals surface area contributed by atoms with Gasteiger partial charge < -0.3 is 10.2 Å². The Labute approximate surface area is 172 Å². The van der Waals surface area contributed by atoms with Crippen molar-refractivity contribution in [3.63, 3.8) is 0 Å². The fourth-order valence-electron chi connectivity index (χ4n) is 2.86. The van der Waals surface area contributed by atoms with E-state index in [9.17, 15) is 19.2 Å². The Morgan fingerprint density at radius 1 is 0.966 bits per heavy atom. The number of rotatable bonds is 5. The van der Waals surface area contributed by atoms with E-state index in [0.29, 0.717) is 18.5 Å². The van der Waals surface area contributed by atoms with Crippen molar-refractivity contribution in [1.29, 1.82) is 0 Å². The van der Waals surface area contributed by atoms with Gasteiger partial charge in [-0.2, -0.15) is 0 Å². The first kappa shape index (κ1) is 20.3. The first-order valence-electron chi connectivity index (χ1n) is 8.98. The second-order valence-electron chi connectivity index (χ2n) is 6.36. The summed E-state index contributed by atoms with van der Waals surface area (Å²) in [5.74, 6) is -1.55. The molecule has 0 unspecified atom stereocenters. The molecule has 9 heteroatoms. The molecule has 1 heterocycles. The molecule has 0 spiro atoms. The fourth-order valence-corrected chi connectivity index (χ4v) is 3.08. The number of anilines is 1. The summed E-state index contributed by atoms with van der Waals surface area (Å²) in [6, 6.07) is 13.0. The highest BCUT2D eigenvalue weighted by molar-refractivity contribution is 6.33. The Hall–Kier alpha value is -3.39. The van der Waals surface area contributed by atoms with Gasteiger partial charge in [-0.25, -0.2) is 0 Å². The molecule has 2 aromatic carbocycles. The van der Waals surface area contributed by atoms with Gasteiger partial charge in [-0.1, -0.05) is 23.7 Å². The number of halogens is 1. The monoisotopic (exact) mass is 414 g/mol. The average Bonchev–Trinajstić information content (AvgIpc) is 3.16. The van der Waals surface area contributed by atoms with Gasteiger partial charge in [0.15, 0.2) is 0 Å². The second kappa shape index (κ2) is 9.20. The lowest BCUT2D eigenvalue weighted by Gasteiger charge is -2.15. The third-order valence-electron chi connectivity index (χ3n) is 4.36. The molecule has 0 bridgehead atoms. The SMILES string of the molecule is O=C(CNC(=O)c1ccc(N2CCCC2=O)cc1)NNC(=O)c1ccccc1Cl. The normalized spacial score (nSPS) is 13.1. The summed E-state index contributed by atoms with van der Waals surface area (Å²) in [4.78, 5) is 49.4. The number of nitrogens with one attached hydrogen (secondary N) is 3. The van der Waals surface area contributed by atoms with E-state index >= 15 is 0 Å². The van der Waals surface area contributed by atoms with E-state index in [1.807, 2.05) is 0 Å². The fraction of sp³-hybridized carbons (Fsp3) is 0.200. The van der Waals surface area contributed by atoms with Crippen LogP contribution in [0.4, 0.5) is 5.69 Å². The minimum atomic E-state index is -0.599. The Morgan fingerprint density at radius 3 is 2.34 bits per heavy atom. The highest BCUT2D eigenvalue weighted by atomic mass is 35.5. The molecule has 0 radical (unpaired) electrons. The van der Waals surface area contributed by atoms with Crippen LogP contribution in [0.1, 0.15) is 33.6 Å². The molecule has 0 aliphatic carbocycles. The molecule has 2 aromatic rings. The molecule has 3 rings (SSSR count). The molecule has 0 saturated carbocycles. The highest BCUT2D eigenvalue weighted by Crippen LogP contribution is 2.21. The van der Waals surface area contributed by atoms with Crippen LogP contribution in [0, 0.1) is 0 Å². The van der Waals surface area contributed by atoms with Crippen LogP contribution in [-0.2, 0) is 9.59 Å². The van der Waals surface area contributed by atoms with Gasteiger partial charge in [0.05, 0.1) is 17.1 Å². The maximum atomic E-state index is 12.2. The van der Waals surface area contributed by atoms with Crippen molar-refractivity contribution in [2.75, 3.05) is 18.0 Å². The number of hydrazine groups is 1. The molecular formula is C20H19ClN4O4. The molecule has 150 valence electrons. The third-order valence-corrected chi connectivity index (χ3v) is 4.69. The molecule has 29 heavy (non-hydrogen) atoms. The summed E-state index contributed by atoms with van der Waals surface area (Å²) in [7, 11) is 0. The lowest BCUT2D eigenvalue weighted by Crippen LogP contribution is -2.46. The van der Waals surface area contributed by atoms with Gasteiger partial charge in [0.1, 0.15) is 0 Å². The zero-order valence-electron chi connectivity index (χ0n) is 15.4. The standard InChI is InChI=1S/C20H19ClN4O4/c21-16-5-2-1-4-15(16)20(29)24-23-17(26)12-22-19(28)13-7-9-14(10-8-13)25-11-3-6-18(25)27/h1-2,4-5,7-10H,3,6,11-12H2,(H,22,28)(H,23,26)(H,24,29). The van der Waals surface area contributed by atoms with E-state index in [1.165, 1.54) is 6.07 Å². The molecule has 0 atom stereocenters. The average molecular weight is 415 g/mol. The van der Waals surface area contributed by atoms with Crippen molar-refractivity contribution in [3.05, 3.63) is 64.7 Å². The summed E-state index contributed by atoms with van der Waals surface area (Å²) < 4.78 is 0. The van der Waals surface area contributed by atoms with Crippen molar-refractivity contribution >= 4 is 40.9 Å². The third kappa shape index (κ3) is 5.11. The minimum absolute atomic E-state index is 0.0673. The molecular weight excluding hydrogens is 396 g/mol. The molecule has 1 saturated heterocycles. The summed E-state index contributed by atoms with van der Waals surface area (Å²) in [5, 5.41) is 2.72. The number of benzene rings is 2. The number of nitrogens with zero attached hydrogens (tertiary/aromatic N) is 1. The van der Waals surface area contributed by atoms with Crippen LogP contribution in [0.3, 0.4) is 0 Å². The van der Waals surface area contributed by atoms with Crippen LogP contribution < -0.4 is 21.1 Å². The molecule has 3 N–H and O–H groups in total. The van der Waals surface area contributed by atoms with Gasteiger partial charge in [0, 0.05) is 24.2 Å². The van der Waals surface area contributed by atoms with E-state index in [1.54, 1.807) is 47.4 Å². The Bertz CT molecular complexity index is 946. The maximum Gasteiger partial charge on any atom is 0.271 e. The molecule has 8 nitrogen and oxygen atoms in total. The molecule has 1 aliphatic heterocycles. The van der Waals surface area contributed by atoms with Gasteiger partial charge in [0.2, 0.25) is 5.91 Å². The zero-order chi connectivity index (χ0) is 20.8. The molecule has 1 aliphatic rings. The molecule has 1 fully saturated rings. The Kier molecular flexibility index (Phi) is 6.46. The lowest BCUT2D eigenvalue weighted by atomic mass is 10.2. The first-order chi connectivity index (χ1) is 14.0. The van der Waals surface area contributed by atoms with Crippen LogP contribution in [-0.4, -0.2) is 36.7 Å². The topological polar surface area (TPSA) is 108 Å². The van der Waals surface area contributed by atoms with Crippen LogP contribution in [0.15, 0.2) is 48.5 Å². The van der Waals surface area contributed by atoms with Gasteiger partial charge in [-0.3, -0.25) is 30.0 Å². The maximum absolute atomic E-state index is 12.2. The van der Waals surface area contributed by atoms with Gasteiger partial charge in [-0.15, -0.1) is 0 Å². The quantitative estimate of drug-likeness (QED) is 0.646. The summed E-state index contributed by atoms with van der Waals surface area (Å²) in [6.45, 7) is 0.346. The van der Waals surface area contributed by atoms with Crippen LogP contribution >= 0.6 is 11.6 Å². The number of hydrogen-bond acceptors (Lipinski definition) is 4. The minimum Gasteiger partial charge on any atom is -0.343 e. The van der Waals surface area contributed by atoms with E-state index < -0.39 is 17.7 Å². The van der Waals surface area contributed by atoms with Crippen molar-refractivity contribution < 1.29 is 19.2 Å². The molecule has 4 amide bonds. The van der Waals surface area contributed by atoms with Crippen molar-refractivity contribution in [3.8, 4) is 0 Å². The summed E-state index contributed by atoms with van der Waals surface area (Å²) in [6.07, 6.45) is 1.35. The number of amides is 4. The van der Waals surface area contributed by atoms with Crippen LogP contribution in [0.5, 0.6) is 0 Å². The lowest BCUT2D eigenvalue weighted by molar-refractivity contribution is -0.121. The van der Waals surface area contributed by atoms with E-state index in [2.05, 4.69) is 16.2 Å². The van der Waals surface area contributed by atoms with Crippen LogP contribution in [0.25, 0.3) is 0 Å². The summed E-state index contributed by atoms with van der Waals surface area (Å²) >= 11 is 5.91. The van der Waals surface area contributed by atoms with Gasteiger partial charge in [0.25, 0.3) is 17.7 Å². The number of hydrogen-bond donors (Lipinski definition) is 3. The van der Waals surface area contributed by atoms with Crippen molar-refractivity contribution in [2.45, 2.75) is 12.8 Å². The predicted molar refractivity (Wildman–Crippen MR) is 107 cm³/mol. The highest BCUT2D eigenvalue weighted by Gasteiger charge is 2.21. The largest absolute Gasteiger partial charge is 0.343 e. The Morgan fingerprint density at radius 2 is 1.69 bits per heavy atom. The van der Waals surface area contributed by atoms with Gasteiger partial charge >= 0.3 is 0 Å². The van der Waals surface area contributed by atoms with E-state index in [4.69, 9.17) is 11.6 Å². The molecule has 0 aromatic heterocycles. The van der Waals surface area contributed by atoms with Crippen molar-refractivity contribution in [1.82, 2.24) is 16.2 Å². The second-order valence-corrected chi connectivity index (χ2v) is 6.77. The Balaban J connectivity index is 1.46. The van der Waals surface area contributed by atoms with E-state index in [0.717, 1.165) is 12.1 Å². The summed E-state index contributed by atoms with van der Waals surface area (Å²) in [5.41, 5.74) is 5.76. The smallest absolute Gasteiger partial charge is 0.271 e. The van der Waals surface area contributed by atoms with Crippen molar-refractivity contribution in [2.24, 2.45) is 0 Å². The number of carbonyl (C=O) groups excluding carboxylic acids is 4. The van der Waals surface area contributed by atoms with E-state index in [-0.39, 0.29) is 23.0 Å². The first-order valence-corrected chi connectivity index (χ1v) is 9.36. The predicted octanol–water partition coefficient (Wildman–Crippen LogP) is 1.66. The van der Waals surface area contributed by atoms with Gasteiger partial charge in [-0.05, 0) is 42.8 Å². The number of carbonyl (C=O) groups is 4.